The van der Waals surface area contributed by atoms with Gasteiger partial charge in [-0.25, -0.2) is 0 Å². The highest BCUT2D eigenvalue weighted by Gasteiger charge is 2.04. The average Bonchev–Trinajstić information content (AvgIpc) is 1.87. The minimum Gasteiger partial charge on any atom is -0.323 e. The van der Waals surface area contributed by atoms with Crippen LogP contribution in [0, 0.1) is 5.92 Å². The number of hydrogen-bond donors (Lipinski definition) is 2. The van der Waals surface area contributed by atoms with Crippen LogP contribution in [0.4, 0.5) is 0 Å². The van der Waals surface area contributed by atoms with E-state index < -0.39 is 0 Å². The predicted octanol–water partition coefficient (Wildman–Crippen LogP) is 1.26. The Hall–Kier alpha value is 0.350. The number of hydrogen-bond acceptors (Lipinski definition) is 2. The maximum atomic E-state index is 5.64. The van der Waals surface area contributed by atoms with Crippen molar-refractivity contribution in [2.24, 2.45) is 17.2 Å². The largest absolute Gasteiger partial charge is 0.323 e. The Bertz CT molecular complexity index is 60.1. The monoisotopic (exact) mass is 148 g/mol. The molecule has 0 fully saturated rings. The molecule has 0 amide bonds. The first-order chi connectivity index (χ1) is 4.20. The maximum absolute atomic E-state index is 5.64. The molecule has 9 heavy (non-hydrogen) atoms. The minimum atomic E-state index is 0.236. The van der Waals surface area contributed by atoms with Crippen molar-refractivity contribution in [1.29, 1.82) is 0 Å². The van der Waals surface area contributed by atoms with Crippen molar-refractivity contribution < 1.29 is 0 Å². The Morgan fingerprint density at radius 1 is 1.56 bits per heavy atom. The van der Waals surface area contributed by atoms with Gasteiger partial charge in [0.15, 0.2) is 0 Å². The van der Waals surface area contributed by atoms with Crippen molar-refractivity contribution in [3.05, 3.63) is 0 Å². The van der Waals surface area contributed by atoms with E-state index in [1.54, 1.807) is 0 Å². The number of rotatable bonds is 4. The summed E-state index contributed by atoms with van der Waals surface area (Å²) in [5.41, 5.74) is 11.0. The lowest BCUT2D eigenvalue weighted by molar-refractivity contribution is 0.508. The molecule has 0 aliphatic heterocycles. The van der Waals surface area contributed by atoms with Gasteiger partial charge in [-0.3, -0.25) is 0 Å². The lowest BCUT2D eigenvalue weighted by atomic mass is 10.1. The van der Waals surface area contributed by atoms with Gasteiger partial charge in [0.2, 0.25) is 0 Å². The molecule has 3 atom stereocenters. The summed E-state index contributed by atoms with van der Waals surface area (Å²) in [7, 11) is 0.405. The molecule has 0 aromatic heterocycles. The molecule has 56 valence electrons. The van der Waals surface area contributed by atoms with Gasteiger partial charge in [-0.15, -0.1) is 0 Å². The summed E-state index contributed by atoms with van der Waals surface area (Å²) in [5, 5.41) is 0. The summed E-state index contributed by atoms with van der Waals surface area (Å²) >= 11 is 0. The van der Waals surface area contributed by atoms with Crippen LogP contribution < -0.4 is 11.2 Å². The van der Waals surface area contributed by atoms with Crippen LogP contribution in [0.1, 0.15) is 26.7 Å². The molecule has 2 nitrogen and oxygen atoms in total. The van der Waals surface area contributed by atoms with Gasteiger partial charge in [-0.2, -0.15) is 0 Å². The molecule has 0 rings (SSSR count). The van der Waals surface area contributed by atoms with Crippen LogP contribution in [-0.2, 0) is 0 Å². The Balaban J connectivity index is 3.22. The van der Waals surface area contributed by atoms with Gasteiger partial charge >= 0.3 is 0 Å². The van der Waals surface area contributed by atoms with Crippen molar-refractivity contribution >= 4 is 8.73 Å². The second kappa shape index (κ2) is 5.16. The molecule has 0 aliphatic carbocycles. The lowest BCUT2D eigenvalue weighted by Crippen LogP contribution is -2.18. The number of nitrogens with two attached hydrogens (primary N) is 2. The van der Waals surface area contributed by atoms with Crippen LogP contribution in [0.15, 0.2) is 0 Å². The van der Waals surface area contributed by atoms with Crippen LogP contribution in [0.25, 0.3) is 0 Å². The van der Waals surface area contributed by atoms with Gasteiger partial charge in [-0.05, 0) is 21.1 Å². The van der Waals surface area contributed by atoms with Crippen molar-refractivity contribution in [3.8, 4) is 0 Å². The van der Waals surface area contributed by atoms with Crippen molar-refractivity contribution in [2.75, 3.05) is 0 Å². The average molecular weight is 148 g/mol. The summed E-state index contributed by atoms with van der Waals surface area (Å²) in [5.74, 6) is 0.969. The van der Waals surface area contributed by atoms with E-state index in [-0.39, 0.29) is 5.78 Å². The van der Waals surface area contributed by atoms with Crippen LogP contribution in [0.2, 0.25) is 0 Å². The van der Waals surface area contributed by atoms with Crippen LogP contribution in [0.3, 0.4) is 0 Å². The highest BCUT2D eigenvalue weighted by molar-refractivity contribution is 7.35. The summed E-state index contributed by atoms with van der Waals surface area (Å²) in [4.78, 5) is 0. The van der Waals surface area contributed by atoms with Crippen LogP contribution in [0.5, 0.6) is 0 Å². The fourth-order valence-corrected chi connectivity index (χ4v) is 1.21. The standard InChI is InChI=1S/C6H17N2P/c1-3-5(2)4-6(7)9-8/h5-6,9H,3-4,7-8H2,1-2H3. The highest BCUT2D eigenvalue weighted by Crippen LogP contribution is 2.15. The van der Waals surface area contributed by atoms with E-state index in [0.717, 1.165) is 12.3 Å². The van der Waals surface area contributed by atoms with E-state index in [9.17, 15) is 0 Å². The molecule has 0 aromatic carbocycles. The van der Waals surface area contributed by atoms with Gasteiger partial charge in [0, 0.05) is 5.78 Å². The molecule has 4 N–H and O–H groups in total. The third-order valence-corrected chi connectivity index (χ3v) is 2.23. The molecule has 0 radical (unpaired) electrons. The fourth-order valence-electron chi connectivity index (χ4n) is 0.668. The van der Waals surface area contributed by atoms with E-state index >= 15 is 0 Å². The summed E-state index contributed by atoms with van der Waals surface area (Å²) < 4.78 is 0. The first-order valence-electron chi connectivity index (χ1n) is 3.42. The normalized spacial score (nSPS) is 18.7. The smallest absolute Gasteiger partial charge is 0.0350 e. The molecule has 0 bridgehead atoms. The van der Waals surface area contributed by atoms with Gasteiger partial charge in [-0.1, -0.05) is 20.3 Å². The molecule has 0 saturated carbocycles. The summed E-state index contributed by atoms with van der Waals surface area (Å²) in [6, 6.07) is 0. The lowest BCUT2D eigenvalue weighted by Gasteiger charge is -2.12. The van der Waals surface area contributed by atoms with E-state index in [4.69, 9.17) is 11.2 Å². The van der Waals surface area contributed by atoms with E-state index in [2.05, 4.69) is 13.8 Å². The molecule has 0 heterocycles. The first-order valence-corrected chi connectivity index (χ1v) is 4.57. The Morgan fingerprint density at radius 3 is 2.44 bits per heavy atom. The van der Waals surface area contributed by atoms with E-state index in [0.29, 0.717) is 8.73 Å². The predicted molar refractivity (Wildman–Crippen MR) is 44.5 cm³/mol. The van der Waals surface area contributed by atoms with Gasteiger partial charge in [0.05, 0.1) is 0 Å². The van der Waals surface area contributed by atoms with E-state index in [1.165, 1.54) is 6.42 Å². The highest BCUT2D eigenvalue weighted by atomic mass is 31.1. The molecular weight excluding hydrogens is 131 g/mol. The zero-order chi connectivity index (χ0) is 7.28. The zero-order valence-corrected chi connectivity index (χ0v) is 7.22. The Kier molecular flexibility index (Phi) is 5.36. The fraction of sp³-hybridized carbons (Fsp3) is 1.00. The molecule has 0 aromatic rings. The second-order valence-corrected chi connectivity index (χ2v) is 3.60. The van der Waals surface area contributed by atoms with Crippen molar-refractivity contribution in [1.82, 2.24) is 0 Å². The van der Waals surface area contributed by atoms with Crippen LogP contribution in [-0.4, -0.2) is 5.78 Å². The Morgan fingerprint density at radius 2 is 2.11 bits per heavy atom. The van der Waals surface area contributed by atoms with Gasteiger partial charge < -0.3 is 11.2 Å². The molecule has 0 aliphatic rings. The minimum absolute atomic E-state index is 0.236. The van der Waals surface area contributed by atoms with Crippen LogP contribution >= 0.6 is 8.73 Å². The zero-order valence-electron chi connectivity index (χ0n) is 6.22. The molecule has 0 saturated heterocycles. The van der Waals surface area contributed by atoms with Gasteiger partial charge in [0.1, 0.15) is 0 Å². The quantitative estimate of drug-likeness (QED) is 0.590. The van der Waals surface area contributed by atoms with Crippen molar-refractivity contribution in [2.45, 2.75) is 32.5 Å². The second-order valence-electron chi connectivity index (χ2n) is 2.52. The van der Waals surface area contributed by atoms with Crippen molar-refractivity contribution in [3.63, 3.8) is 0 Å². The third-order valence-electron chi connectivity index (χ3n) is 1.57. The summed E-state index contributed by atoms with van der Waals surface area (Å²) in [6.07, 6.45) is 2.28. The SMILES string of the molecule is CCC(C)CC(N)PN. The molecule has 0 spiro atoms. The maximum Gasteiger partial charge on any atom is 0.0350 e. The summed E-state index contributed by atoms with van der Waals surface area (Å²) in [6.45, 7) is 4.39. The first kappa shape index (κ1) is 9.35. The Labute approximate surface area is 59.2 Å². The topological polar surface area (TPSA) is 52.0 Å². The third kappa shape index (κ3) is 4.83. The van der Waals surface area contributed by atoms with E-state index in [1.807, 2.05) is 0 Å². The molecule has 3 unspecified atom stereocenters. The van der Waals surface area contributed by atoms with Gasteiger partial charge in [0.25, 0.3) is 0 Å². The molecule has 3 heteroatoms. The molecular formula is C6H17N2P.